The highest BCUT2D eigenvalue weighted by atomic mass is 16.5. The van der Waals surface area contributed by atoms with E-state index in [1.54, 1.807) is 0 Å². The molecule has 0 fully saturated rings. The fourth-order valence-electron chi connectivity index (χ4n) is 5.14. The van der Waals surface area contributed by atoms with E-state index in [4.69, 9.17) is 14.9 Å². The van der Waals surface area contributed by atoms with Crippen LogP contribution in [-0.2, 0) is 14.3 Å². The lowest BCUT2D eigenvalue weighted by Crippen LogP contribution is -2.21. The third-order valence-electron chi connectivity index (χ3n) is 7.81. The van der Waals surface area contributed by atoms with Crippen LogP contribution in [0.3, 0.4) is 0 Å². The maximum Gasteiger partial charge on any atom is 0.305 e. The molecule has 0 aliphatic rings. The molecule has 0 aromatic rings. The smallest absolute Gasteiger partial charge is 0.305 e. The molecule has 0 radical (unpaired) electrons. The Hall–Kier alpha value is -0.940. The minimum absolute atomic E-state index is 0.111. The largest absolute Gasteiger partial charge is 0.463 e. The van der Waals surface area contributed by atoms with Crippen LogP contribution in [0, 0.1) is 5.92 Å². The van der Waals surface area contributed by atoms with Crippen LogP contribution in [0.15, 0.2) is 0 Å². The van der Waals surface area contributed by atoms with Crippen molar-refractivity contribution < 1.29 is 24.5 Å². The summed E-state index contributed by atoms with van der Waals surface area (Å²) in [7, 11) is 0. The molecule has 0 aliphatic carbocycles. The molecule has 0 amide bonds. The zero-order chi connectivity index (χ0) is 28.1. The molecule has 2 N–H and O–H groups in total. The molecular weight excluding hydrogens is 476 g/mol. The first-order chi connectivity index (χ1) is 18.5. The highest BCUT2D eigenvalue weighted by molar-refractivity contribution is 5.80. The van der Waals surface area contributed by atoms with Crippen molar-refractivity contribution in [3.8, 4) is 0 Å². The molecule has 2 unspecified atom stereocenters. The summed E-state index contributed by atoms with van der Waals surface area (Å²) in [6.45, 7) is 3.88. The van der Waals surface area contributed by atoms with Crippen molar-refractivity contribution in [2.45, 2.75) is 180 Å². The average molecular weight is 541 g/mol. The van der Waals surface area contributed by atoms with Crippen LogP contribution in [0.4, 0.5) is 0 Å². The quantitative estimate of drug-likeness (QED) is 0.0702. The van der Waals surface area contributed by atoms with Crippen molar-refractivity contribution >= 4 is 11.8 Å². The van der Waals surface area contributed by atoms with Crippen molar-refractivity contribution in [3.63, 3.8) is 0 Å². The molecule has 38 heavy (non-hydrogen) atoms. The zero-order valence-electron chi connectivity index (χ0n) is 25.4. The lowest BCUT2D eigenvalue weighted by atomic mass is 9.91. The summed E-state index contributed by atoms with van der Waals surface area (Å²) in [6.07, 6.45) is 29.0. The van der Waals surface area contributed by atoms with Crippen molar-refractivity contribution in [1.29, 1.82) is 0 Å². The SMILES string of the molecule is CCCCC(CC)C(=O)CCCCCCCCCCCCCCCCCCCCCC(=O)OCC(O)CO. The number of unbranched alkanes of at least 4 members (excludes halogenated alkanes) is 19. The Morgan fingerprint density at radius 2 is 1.00 bits per heavy atom. The Labute approximate surface area is 235 Å². The maximum atomic E-state index is 12.3. The normalized spacial score (nSPS) is 12.9. The molecule has 0 aromatic heterocycles. The van der Waals surface area contributed by atoms with Crippen LogP contribution in [-0.4, -0.2) is 41.3 Å². The first-order valence-electron chi connectivity index (χ1n) is 16.5. The van der Waals surface area contributed by atoms with Crippen LogP contribution >= 0.6 is 0 Å². The maximum absolute atomic E-state index is 12.3. The first kappa shape index (κ1) is 37.1. The van der Waals surface area contributed by atoms with Gasteiger partial charge in [-0.15, -0.1) is 0 Å². The van der Waals surface area contributed by atoms with E-state index in [2.05, 4.69) is 13.8 Å². The van der Waals surface area contributed by atoms with Gasteiger partial charge in [0.15, 0.2) is 0 Å². The van der Waals surface area contributed by atoms with Gasteiger partial charge in [-0.1, -0.05) is 136 Å². The molecule has 0 bridgehead atoms. The van der Waals surface area contributed by atoms with Gasteiger partial charge in [-0.25, -0.2) is 0 Å². The highest BCUT2D eigenvalue weighted by Gasteiger charge is 2.14. The molecule has 0 spiro atoms. The summed E-state index contributed by atoms with van der Waals surface area (Å²) in [6, 6.07) is 0. The molecule has 2 atom stereocenters. The Balaban J connectivity index is 3.25. The Kier molecular flexibility index (Phi) is 28.3. The zero-order valence-corrected chi connectivity index (χ0v) is 25.4. The number of hydrogen-bond donors (Lipinski definition) is 2. The number of aliphatic hydroxyl groups is 2. The number of carbonyl (C=O) groups excluding carboxylic acids is 2. The molecule has 0 saturated carbocycles. The van der Waals surface area contributed by atoms with Gasteiger partial charge in [-0.05, 0) is 25.7 Å². The van der Waals surface area contributed by atoms with Crippen LogP contribution in [0.1, 0.15) is 174 Å². The summed E-state index contributed by atoms with van der Waals surface area (Å²) >= 11 is 0. The Bertz CT molecular complexity index is 522. The van der Waals surface area contributed by atoms with Gasteiger partial charge in [0.1, 0.15) is 18.5 Å². The topological polar surface area (TPSA) is 83.8 Å². The Morgan fingerprint density at radius 1 is 0.605 bits per heavy atom. The second kappa shape index (κ2) is 29.1. The summed E-state index contributed by atoms with van der Waals surface area (Å²) in [5.41, 5.74) is 0. The lowest BCUT2D eigenvalue weighted by molar-refractivity contribution is -0.147. The Morgan fingerprint density at radius 3 is 1.37 bits per heavy atom. The van der Waals surface area contributed by atoms with E-state index in [0.717, 1.165) is 38.5 Å². The van der Waals surface area contributed by atoms with Crippen LogP contribution < -0.4 is 0 Å². The second-order valence-corrected chi connectivity index (χ2v) is 11.5. The van der Waals surface area contributed by atoms with Gasteiger partial charge in [0, 0.05) is 18.8 Å². The summed E-state index contributed by atoms with van der Waals surface area (Å²) in [5, 5.41) is 17.8. The van der Waals surface area contributed by atoms with E-state index in [1.165, 1.54) is 116 Å². The number of hydrogen-bond acceptors (Lipinski definition) is 5. The van der Waals surface area contributed by atoms with Crippen LogP contribution in [0.2, 0.25) is 0 Å². The van der Waals surface area contributed by atoms with Crippen molar-refractivity contribution in [2.24, 2.45) is 5.92 Å². The second-order valence-electron chi connectivity index (χ2n) is 11.5. The minimum Gasteiger partial charge on any atom is -0.463 e. The minimum atomic E-state index is -0.964. The lowest BCUT2D eigenvalue weighted by Gasteiger charge is -2.12. The van der Waals surface area contributed by atoms with E-state index in [9.17, 15) is 9.59 Å². The number of ether oxygens (including phenoxy) is 1. The molecule has 226 valence electrons. The van der Waals surface area contributed by atoms with Gasteiger partial charge in [0.2, 0.25) is 0 Å². The predicted molar refractivity (Wildman–Crippen MR) is 159 cm³/mol. The third-order valence-corrected chi connectivity index (χ3v) is 7.81. The molecule has 0 aromatic carbocycles. The summed E-state index contributed by atoms with van der Waals surface area (Å²) < 4.78 is 4.90. The number of Topliss-reactive ketones (excluding diaryl/α,β-unsaturated/α-hetero) is 1. The fourth-order valence-corrected chi connectivity index (χ4v) is 5.14. The van der Waals surface area contributed by atoms with E-state index < -0.39 is 6.10 Å². The molecule has 0 saturated heterocycles. The number of esters is 1. The highest BCUT2D eigenvalue weighted by Crippen LogP contribution is 2.18. The molecular formula is C33H64O5. The van der Waals surface area contributed by atoms with Gasteiger partial charge in [0.25, 0.3) is 0 Å². The third kappa shape index (κ3) is 25.3. The molecule has 0 aliphatic heterocycles. The number of carbonyl (C=O) groups is 2. The predicted octanol–water partition coefficient (Wildman–Crippen LogP) is 8.86. The van der Waals surface area contributed by atoms with E-state index in [0.29, 0.717) is 18.1 Å². The van der Waals surface area contributed by atoms with Crippen LogP contribution in [0.25, 0.3) is 0 Å². The van der Waals surface area contributed by atoms with Gasteiger partial charge >= 0.3 is 5.97 Å². The molecule has 5 heteroatoms. The summed E-state index contributed by atoms with van der Waals surface area (Å²) in [4.78, 5) is 23.8. The fraction of sp³-hybridized carbons (Fsp3) is 0.939. The average Bonchev–Trinajstić information content (AvgIpc) is 2.92. The van der Waals surface area contributed by atoms with E-state index in [1.807, 2.05) is 0 Å². The standard InChI is InChI=1S/C33H64O5/c1-3-5-25-30(4-2)32(36)26-23-21-19-17-15-13-11-9-7-6-8-10-12-14-16-18-20-22-24-27-33(37)38-29-31(35)28-34/h30-31,34-35H,3-29H2,1-2H3. The van der Waals surface area contributed by atoms with E-state index in [-0.39, 0.29) is 19.2 Å². The van der Waals surface area contributed by atoms with Crippen molar-refractivity contribution in [1.82, 2.24) is 0 Å². The monoisotopic (exact) mass is 540 g/mol. The number of rotatable bonds is 30. The molecule has 5 nitrogen and oxygen atoms in total. The first-order valence-corrected chi connectivity index (χ1v) is 16.5. The number of aliphatic hydroxyl groups excluding tert-OH is 2. The van der Waals surface area contributed by atoms with E-state index >= 15 is 0 Å². The van der Waals surface area contributed by atoms with Gasteiger partial charge < -0.3 is 14.9 Å². The summed E-state index contributed by atoms with van der Waals surface area (Å²) in [5.74, 6) is 0.560. The van der Waals surface area contributed by atoms with Gasteiger partial charge in [-0.2, -0.15) is 0 Å². The van der Waals surface area contributed by atoms with Crippen molar-refractivity contribution in [2.75, 3.05) is 13.2 Å². The van der Waals surface area contributed by atoms with Gasteiger partial charge in [0.05, 0.1) is 6.61 Å². The molecule has 0 rings (SSSR count). The van der Waals surface area contributed by atoms with Crippen molar-refractivity contribution in [3.05, 3.63) is 0 Å². The van der Waals surface area contributed by atoms with Gasteiger partial charge in [-0.3, -0.25) is 9.59 Å². The molecule has 0 heterocycles. The number of ketones is 1. The van der Waals surface area contributed by atoms with Crippen LogP contribution in [0.5, 0.6) is 0 Å².